The fourth-order valence-corrected chi connectivity index (χ4v) is 3.77. The van der Waals surface area contributed by atoms with Crippen molar-refractivity contribution in [3.05, 3.63) is 29.8 Å². The van der Waals surface area contributed by atoms with Gasteiger partial charge in [0.15, 0.2) is 0 Å². The summed E-state index contributed by atoms with van der Waals surface area (Å²) in [4.78, 5) is 14.9. The van der Waals surface area contributed by atoms with E-state index in [1.54, 1.807) is 7.11 Å². The summed E-state index contributed by atoms with van der Waals surface area (Å²) in [6, 6.07) is 9.03. The van der Waals surface area contributed by atoms with Gasteiger partial charge in [-0.05, 0) is 50.8 Å². The Kier molecular flexibility index (Phi) is 4.15. The van der Waals surface area contributed by atoms with Crippen LogP contribution in [0.25, 0.3) is 0 Å². The lowest BCUT2D eigenvalue weighted by Crippen LogP contribution is -2.50. The number of nitrogens with one attached hydrogen (secondary N) is 1. The molecule has 4 nitrogen and oxygen atoms in total. The summed E-state index contributed by atoms with van der Waals surface area (Å²) in [5.41, 5.74) is 0.724. The highest BCUT2D eigenvalue weighted by Crippen LogP contribution is 2.30. The van der Waals surface area contributed by atoms with Crippen LogP contribution in [0.3, 0.4) is 0 Å². The Morgan fingerprint density at radius 1 is 1.33 bits per heavy atom. The number of hydrogen-bond acceptors (Lipinski definition) is 3. The molecule has 1 amide bonds. The van der Waals surface area contributed by atoms with Crippen molar-refractivity contribution in [1.82, 2.24) is 10.2 Å². The van der Waals surface area contributed by atoms with Gasteiger partial charge in [-0.25, -0.2) is 0 Å². The van der Waals surface area contributed by atoms with Gasteiger partial charge in [0.25, 0.3) is 5.91 Å². The summed E-state index contributed by atoms with van der Waals surface area (Å²) in [6.07, 6.45) is 4.68. The first-order chi connectivity index (χ1) is 10.2. The first-order valence-corrected chi connectivity index (χ1v) is 7.92. The minimum atomic E-state index is 0.128. The van der Waals surface area contributed by atoms with Crippen LogP contribution in [0.4, 0.5) is 0 Å². The summed E-state index contributed by atoms with van der Waals surface area (Å²) < 4.78 is 5.23. The number of piperidine rings is 1. The van der Waals surface area contributed by atoms with Crippen molar-refractivity contribution in [2.45, 2.75) is 50.7 Å². The molecule has 21 heavy (non-hydrogen) atoms. The van der Waals surface area contributed by atoms with Crippen LogP contribution in [-0.2, 0) is 0 Å². The lowest BCUT2D eigenvalue weighted by atomic mass is 9.97. The molecule has 2 heterocycles. The van der Waals surface area contributed by atoms with Gasteiger partial charge < -0.3 is 15.0 Å². The number of carbonyl (C=O) groups excluding carboxylic acids is 1. The molecular weight excluding hydrogens is 264 g/mol. The maximum Gasteiger partial charge on any atom is 0.254 e. The molecule has 0 radical (unpaired) electrons. The van der Waals surface area contributed by atoms with E-state index in [1.807, 2.05) is 29.2 Å². The van der Waals surface area contributed by atoms with Crippen molar-refractivity contribution in [1.29, 1.82) is 0 Å². The molecule has 0 aliphatic carbocycles. The zero-order chi connectivity index (χ0) is 14.8. The van der Waals surface area contributed by atoms with Crippen LogP contribution in [-0.4, -0.2) is 42.6 Å². The average Bonchev–Trinajstić information content (AvgIpc) is 2.86. The highest BCUT2D eigenvalue weighted by atomic mass is 16.5. The summed E-state index contributed by atoms with van der Waals surface area (Å²) in [6.45, 7) is 2.84. The van der Waals surface area contributed by atoms with Gasteiger partial charge >= 0.3 is 0 Å². The fraction of sp³-hybridized carbons (Fsp3) is 0.588. The molecule has 114 valence electrons. The number of amides is 1. The highest BCUT2D eigenvalue weighted by Gasteiger charge is 2.37. The fourth-order valence-electron chi connectivity index (χ4n) is 3.77. The standard InChI is InChI=1S/C17H24N2O2/c1-3-19(15-10-13-7-8-14(11-15)18-13)17(20)12-5-4-6-16(9-12)21-2/h4-6,9,13-15,18H,3,7-8,10-11H2,1-2H3. The summed E-state index contributed by atoms with van der Waals surface area (Å²) >= 11 is 0. The van der Waals surface area contributed by atoms with E-state index in [0.717, 1.165) is 30.7 Å². The van der Waals surface area contributed by atoms with Gasteiger partial charge in [-0.1, -0.05) is 6.07 Å². The SMILES string of the molecule is CCN(C(=O)c1cccc(OC)c1)C1CC2CCC(C1)N2. The molecule has 2 aliphatic heterocycles. The number of fused-ring (bicyclic) bond motifs is 2. The molecular formula is C17H24N2O2. The van der Waals surface area contributed by atoms with Crippen LogP contribution in [0.5, 0.6) is 5.75 Å². The predicted molar refractivity (Wildman–Crippen MR) is 82.7 cm³/mol. The van der Waals surface area contributed by atoms with E-state index < -0.39 is 0 Å². The Morgan fingerprint density at radius 2 is 2.05 bits per heavy atom. The van der Waals surface area contributed by atoms with E-state index in [-0.39, 0.29) is 5.91 Å². The van der Waals surface area contributed by atoms with Crippen molar-refractivity contribution >= 4 is 5.91 Å². The van der Waals surface area contributed by atoms with Gasteiger partial charge in [-0.15, -0.1) is 0 Å². The molecule has 3 rings (SSSR count). The molecule has 1 aromatic rings. The second-order valence-corrected chi connectivity index (χ2v) is 6.09. The van der Waals surface area contributed by atoms with Gasteiger partial charge in [-0.3, -0.25) is 4.79 Å². The average molecular weight is 288 g/mol. The number of ether oxygens (including phenoxy) is 1. The molecule has 0 aromatic heterocycles. The first kappa shape index (κ1) is 14.4. The molecule has 4 heteroatoms. The quantitative estimate of drug-likeness (QED) is 0.925. The third-order valence-electron chi connectivity index (χ3n) is 4.81. The van der Waals surface area contributed by atoms with Crippen LogP contribution < -0.4 is 10.1 Å². The largest absolute Gasteiger partial charge is 0.497 e. The topological polar surface area (TPSA) is 41.6 Å². The second kappa shape index (κ2) is 6.06. The minimum absolute atomic E-state index is 0.128. The van der Waals surface area contributed by atoms with Crippen LogP contribution in [0.2, 0.25) is 0 Å². The number of carbonyl (C=O) groups is 1. The third kappa shape index (κ3) is 2.91. The third-order valence-corrected chi connectivity index (χ3v) is 4.81. The van der Waals surface area contributed by atoms with Gasteiger partial charge in [0.1, 0.15) is 5.75 Å². The van der Waals surface area contributed by atoms with Crippen LogP contribution in [0.15, 0.2) is 24.3 Å². The Bertz CT molecular complexity index is 505. The Balaban J connectivity index is 1.77. The second-order valence-electron chi connectivity index (χ2n) is 6.09. The van der Waals surface area contributed by atoms with Gasteiger partial charge in [-0.2, -0.15) is 0 Å². The Morgan fingerprint density at radius 3 is 2.67 bits per heavy atom. The molecule has 2 bridgehead atoms. The Labute approximate surface area is 126 Å². The van der Waals surface area contributed by atoms with E-state index in [1.165, 1.54) is 12.8 Å². The van der Waals surface area contributed by atoms with E-state index in [9.17, 15) is 4.79 Å². The molecule has 1 N–H and O–H groups in total. The number of methoxy groups -OCH3 is 1. The van der Waals surface area contributed by atoms with Gasteiger partial charge in [0.2, 0.25) is 0 Å². The first-order valence-electron chi connectivity index (χ1n) is 7.92. The molecule has 2 aliphatic rings. The van der Waals surface area contributed by atoms with E-state index in [2.05, 4.69) is 12.2 Å². The lowest BCUT2D eigenvalue weighted by molar-refractivity contribution is 0.0631. The van der Waals surface area contributed by atoms with E-state index in [0.29, 0.717) is 18.1 Å². The molecule has 2 atom stereocenters. The van der Waals surface area contributed by atoms with Crippen molar-refractivity contribution in [3.8, 4) is 5.75 Å². The molecule has 0 saturated carbocycles. The van der Waals surface area contributed by atoms with Crippen molar-refractivity contribution in [3.63, 3.8) is 0 Å². The van der Waals surface area contributed by atoms with Crippen LogP contribution >= 0.6 is 0 Å². The summed E-state index contributed by atoms with van der Waals surface area (Å²) in [7, 11) is 1.63. The molecule has 2 saturated heterocycles. The lowest BCUT2D eigenvalue weighted by Gasteiger charge is -2.37. The molecule has 1 aromatic carbocycles. The maximum atomic E-state index is 12.8. The van der Waals surface area contributed by atoms with Gasteiger partial charge in [0, 0.05) is 30.2 Å². The smallest absolute Gasteiger partial charge is 0.254 e. The predicted octanol–water partition coefficient (Wildman–Crippen LogP) is 2.44. The van der Waals surface area contributed by atoms with Crippen LogP contribution in [0, 0.1) is 0 Å². The molecule has 2 fully saturated rings. The van der Waals surface area contributed by atoms with Crippen LogP contribution in [0.1, 0.15) is 43.0 Å². The highest BCUT2D eigenvalue weighted by molar-refractivity contribution is 5.94. The van der Waals surface area contributed by atoms with Crippen molar-refractivity contribution in [2.75, 3.05) is 13.7 Å². The molecule has 0 spiro atoms. The number of benzene rings is 1. The Hall–Kier alpha value is -1.55. The molecule has 2 unspecified atom stereocenters. The monoisotopic (exact) mass is 288 g/mol. The van der Waals surface area contributed by atoms with Crippen molar-refractivity contribution < 1.29 is 9.53 Å². The number of hydrogen-bond donors (Lipinski definition) is 1. The normalized spacial score (nSPS) is 27.4. The summed E-state index contributed by atoms with van der Waals surface area (Å²) in [5.74, 6) is 0.866. The number of nitrogens with zero attached hydrogens (tertiary/aromatic N) is 1. The van der Waals surface area contributed by atoms with E-state index in [4.69, 9.17) is 4.74 Å². The van der Waals surface area contributed by atoms with Crippen molar-refractivity contribution in [2.24, 2.45) is 0 Å². The zero-order valence-electron chi connectivity index (χ0n) is 12.8. The van der Waals surface area contributed by atoms with E-state index >= 15 is 0 Å². The zero-order valence-corrected chi connectivity index (χ0v) is 12.8. The maximum absolute atomic E-state index is 12.8. The summed E-state index contributed by atoms with van der Waals surface area (Å²) in [5, 5.41) is 3.64. The number of rotatable bonds is 4. The minimum Gasteiger partial charge on any atom is -0.497 e. The van der Waals surface area contributed by atoms with Gasteiger partial charge in [0.05, 0.1) is 7.11 Å².